The number of ketones is 1. The van der Waals surface area contributed by atoms with Crippen molar-refractivity contribution in [3.8, 4) is 17.1 Å². The van der Waals surface area contributed by atoms with Crippen LogP contribution in [-0.2, 0) is 11.8 Å². The number of methoxy groups -OCH3 is 1. The van der Waals surface area contributed by atoms with E-state index in [1.54, 1.807) is 7.11 Å². The Morgan fingerprint density at radius 2 is 2.00 bits per heavy atom. The molecule has 6 heteroatoms. The zero-order valence-electron chi connectivity index (χ0n) is 12.8. The molecule has 0 aliphatic heterocycles. The second-order valence-corrected chi connectivity index (χ2v) is 6.58. The second-order valence-electron chi connectivity index (χ2n) is 5.41. The van der Waals surface area contributed by atoms with Gasteiger partial charge >= 0.3 is 0 Å². The number of nitrogens with zero attached hydrogens (tertiary/aromatic N) is 3. The normalized spacial score (nSPS) is 18.5. The van der Waals surface area contributed by atoms with Crippen LogP contribution in [0.15, 0.2) is 29.4 Å². The van der Waals surface area contributed by atoms with Crippen molar-refractivity contribution >= 4 is 17.5 Å². The van der Waals surface area contributed by atoms with Crippen LogP contribution in [0.1, 0.15) is 25.7 Å². The van der Waals surface area contributed by atoms with Crippen LogP contribution < -0.4 is 4.74 Å². The Kier molecular flexibility index (Phi) is 4.47. The topological polar surface area (TPSA) is 57.0 Å². The van der Waals surface area contributed by atoms with E-state index < -0.39 is 0 Å². The van der Waals surface area contributed by atoms with Gasteiger partial charge in [-0.1, -0.05) is 18.2 Å². The molecule has 1 saturated carbocycles. The summed E-state index contributed by atoms with van der Waals surface area (Å²) in [6.45, 7) is 0. The summed E-state index contributed by atoms with van der Waals surface area (Å²) in [7, 11) is 3.59. The Bertz CT molecular complexity index is 667. The van der Waals surface area contributed by atoms with Gasteiger partial charge in [0.1, 0.15) is 11.5 Å². The molecule has 22 heavy (non-hydrogen) atoms. The monoisotopic (exact) mass is 317 g/mol. The molecule has 5 nitrogen and oxygen atoms in total. The maximum absolute atomic E-state index is 12.0. The minimum absolute atomic E-state index is 0.0281. The van der Waals surface area contributed by atoms with Crippen LogP contribution in [0.2, 0.25) is 0 Å². The number of carbonyl (C=O) groups is 1. The second kappa shape index (κ2) is 6.52. The molecule has 0 amide bonds. The average Bonchev–Trinajstić information content (AvgIpc) is 2.91. The molecular weight excluding hydrogens is 298 g/mol. The van der Waals surface area contributed by atoms with Gasteiger partial charge in [-0.25, -0.2) is 0 Å². The fourth-order valence-electron chi connectivity index (χ4n) is 2.61. The molecule has 0 saturated heterocycles. The van der Waals surface area contributed by atoms with Crippen molar-refractivity contribution in [2.75, 3.05) is 7.11 Å². The van der Waals surface area contributed by atoms with Crippen LogP contribution in [-0.4, -0.2) is 32.9 Å². The van der Waals surface area contributed by atoms with Gasteiger partial charge in [0.2, 0.25) is 0 Å². The predicted octanol–water partition coefficient (Wildman–Crippen LogP) is 3.09. The SMILES string of the molecule is COc1ccc(-c2nnc(SC3CCCCC3=O)n2C)cc1. The lowest BCUT2D eigenvalue weighted by atomic mass is 9.99. The molecule has 1 heterocycles. The summed E-state index contributed by atoms with van der Waals surface area (Å²) in [5.41, 5.74) is 0.984. The lowest BCUT2D eigenvalue weighted by molar-refractivity contribution is -0.119. The zero-order valence-corrected chi connectivity index (χ0v) is 13.6. The van der Waals surface area contributed by atoms with Crippen molar-refractivity contribution in [3.05, 3.63) is 24.3 Å². The first kappa shape index (κ1) is 15.1. The van der Waals surface area contributed by atoms with E-state index >= 15 is 0 Å². The van der Waals surface area contributed by atoms with Crippen LogP contribution in [0.5, 0.6) is 5.75 Å². The molecule has 1 fully saturated rings. The van der Waals surface area contributed by atoms with Gasteiger partial charge in [0.25, 0.3) is 0 Å². The van der Waals surface area contributed by atoms with E-state index in [-0.39, 0.29) is 5.25 Å². The molecule has 1 atom stereocenters. The maximum Gasteiger partial charge on any atom is 0.191 e. The Hall–Kier alpha value is -1.82. The van der Waals surface area contributed by atoms with Gasteiger partial charge in [-0.2, -0.15) is 0 Å². The summed E-state index contributed by atoms with van der Waals surface area (Å²) in [6.07, 6.45) is 3.77. The van der Waals surface area contributed by atoms with Crippen molar-refractivity contribution < 1.29 is 9.53 Å². The zero-order chi connectivity index (χ0) is 15.5. The number of hydrogen-bond acceptors (Lipinski definition) is 5. The fraction of sp³-hybridized carbons (Fsp3) is 0.438. The summed E-state index contributed by atoms with van der Waals surface area (Å²) >= 11 is 1.54. The number of carbonyl (C=O) groups excluding carboxylic acids is 1. The largest absolute Gasteiger partial charge is 0.497 e. The van der Waals surface area contributed by atoms with E-state index in [4.69, 9.17) is 4.74 Å². The van der Waals surface area contributed by atoms with E-state index in [1.807, 2.05) is 35.9 Å². The van der Waals surface area contributed by atoms with E-state index in [0.717, 1.165) is 41.6 Å². The van der Waals surface area contributed by atoms with E-state index in [2.05, 4.69) is 10.2 Å². The molecule has 1 aromatic heterocycles. The molecule has 1 aliphatic rings. The van der Waals surface area contributed by atoms with Gasteiger partial charge in [0.15, 0.2) is 11.0 Å². The first-order chi connectivity index (χ1) is 10.7. The maximum atomic E-state index is 12.0. The first-order valence-electron chi connectivity index (χ1n) is 7.42. The van der Waals surface area contributed by atoms with E-state index in [9.17, 15) is 4.79 Å². The number of thioether (sulfide) groups is 1. The number of ether oxygens (including phenoxy) is 1. The fourth-order valence-corrected chi connectivity index (χ4v) is 3.73. The Labute approximate surface area is 134 Å². The third kappa shape index (κ3) is 3.02. The van der Waals surface area contributed by atoms with Gasteiger partial charge in [0.05, 0.1) is 12.4 Å². The molecular formula is C16H19N3O2S. The highest BCUT2D eigenvalue weighted by atomic mass is 32.2. The van der Waals surface area contributed by atoms with Gasteiger partial charge in [-0.3, -0.25) is 4.79 Å². The third-order valence-corrected chi connectivity index (χ3v) is 5.28. The third-order valence-electron chi connectivity index (χ3n) is 3.93. The Morgan fingerprint density at radius 3 is 2.68 bits per heavy atom. The highest BCUT2D eigenvalue weighted by molar-refractivity contribution is 8.00. The molecule has 2 aromatic rings. The summed E-state index contributed by atoms with van der Waals surface area (Å²) in [6, 6.07) is 7.73. The van der Waals surface area contributed by atoms with Gasteiger partial charge < -0.3 is 9.30 Å². The van der Waals surface area contributed by atoms with Crippen molar-refractivity contribution in [2.24, 2.45) is 7.05 Å². The van der Waals surface area contributed by atoms with Gasteiger partial charge in [-0.05, 0) is 37.1 Å². The van der Waals surface area contributed by atoms with Gasteiger partial charge in [-0.15, -0.1) is 10.2 Å². The van der Waals surface area contributed by atoms with Gasteiger partial charge in [0, 0.05) is 19.0 Å². The highest BCUT2D eigenvalue weighted by Gasteiger charge is 2.25. The summed E-state index contributed by atoms with van der Waals surface area (Å²) in [4.78, 5) is 12.0. The molecule has 0 N–H and O–H groups in total. The quantitative estimate of drug-likeness (QED) is 0.867. The molecule has 0 spiro atoms. The summed E-state index contributed by atoms with van der Waals surface area (Å²) in [5.74, 6) is 1.95. The van der Waals surface area contributed by atoms with Crippen molar-refractivity contribution in [1.82, 2.24) is 14.8 Å². The minimum Gasteiger partial charge on any atom is -0.497 e. The molecule has 0 bridgehead atoms. The highest BCUT2D eigenvalue weighted by Crippen LogP contribution is 2.32. The van der Waals surface area contributed by atoms with Crippen LogP contribution in [0.25, 0.3) is 11.4 Å². The van der Waals surface area contributed by atoms with Crippen LogP contribution in [0.4, 0.5) is 0 Å². The molecule has 1 aliphatic carbocycles. The van der Waals surface area contributed by atoms with E-state index in [1.165, 1.54) is 11.8 Å². The summed E-state index contributed by atoms with van der Waals surface area (Å²) < 4.78 is 7.12. The predicted molar refractivity (Wildman–Crippen MR) is 86.1 cm³/mol. The molecule has 1 unspecified atom stereocenters. The molecule has 0 radical (unpaired) electrons. The molecule has 1 aromatic carbocycles. The van der Waals surface area contributed by atoms with Crippen LogP contribution in [0.3, 0.4) is 0 Å². The number of Topliss-reactive ketones (excluding diaryl/α,β-unsaturated/α-hetero) is 1. The van der Waals surface area contributed by atoms with Crippen molar-refractivity contribution in [1.29, 1.82) is 0 Å². The smallest absolute Gasteiger partial charge is 0.191 e. The standard InChI is InChI=1S/C16H19N3O2S/c1-19-15(11-7-9-12(21-2)10-8-11)17-18-16(19)22-14-6-4-3-5-13(14)20/h7-10,14H,3-6H2,1-2H3. The minimum atomic E-state index is 0.0281. The Balaban J connectivity index is 1.80. The van der Waals surface area contributed by atoms with E-state index in [0.29, 0.717) is 12.2 Å². The molecule has 116 valence electrons. The van der Waals surface area contributed by atoms with Crippen molar-refractivity contribution in [3.63, 3.8) is 0 Å². The summed E-state index contributed by atoms with van der Waals surface area (Å²) in [5, 5.41) is 9.35. The van der Waals surface area contributed by atoms with Crippen LogP contribution in [0, 0.1) is 0 Å². The number of rotatable bonds is 4. The van der Waals surface area contributed by atoms with Crippen LogP contribution >= 0.6 is 11.8 Å². The number of hydrogen-bond donors (Lipinski definition) is 0. The molecule has 3 rings (SSSR count). The lowest BCUT2D eigenvalue weighted by Crippen LogP contribution is -2.21. The average molecular weight is 317 g/mol. The lowest BCUT2D eigenvalue weighted by Gasteiger charge is -2.19. The first-order valence-corrected chi connectivity index (χ1v) is 8.30. The number of aromatic nitrogens is 3. The number of benzene rings is 1. The van der Waals surface area contributed by atoms with Crippen molar-refractivity contribution in [2.45, 2.75) is 36.1 Å². The Morgan fingerprint density at radius 1 is 1.23 bits per heavy atom.